The second-order valence-corrected chi connectivity index (χ2v) is 12.0. The number of anilines is 1. The number of nitrogens with one attached hydrogen (secondary N) is 1. The average molecular weight is 545 g/mol. The molecule has 36 heavy (non-hydrogen) atoms. The highest BCUT2D eigenvalue weighted by Crippen LogP contribution is 2.55. The molecule has 17 heteroatoms. The van der Waals surface area contributed by atoms with Crippen LogP contribution in [0.4, 0.5) is 5.82 Å². The number of benzene rings is 1. The normalized spacial score (nSPS) is 24.1. The minimum absolute atomic E-state index is 0.00591. The van der Waals surface area contributed by atoms with Gasteiger partial charge in [-0.25, -0.2) is 4.98 Å². The predicted octanol–water partition coefficient (Wildman–Crippen LogP) is 0.403. The lowest BCUT2D eigenvalue weighted by Gasteiger charge is -2.18. The highest BCUT2D eigenvalue weighted by molar-refractivity contribution is 7.70. The quantitative estimate of drug-likeness (QED) is 0.190. The maximum atomic E-state index is 11.9. The molecule has 0 spiro atoms. The minimum atomic E-state index is -4.83. The Labute approximate surface area is 204 Å². The number of fused-ring (bicyclic) bond motifs is 1. The molecule has 15 nitrogen and oxygen atoms in total. The molecule has 1 aromatic carbocycles. The Balaban J connectivity index is 1.55. The van der Waals surface area contributed by atoms with E-state index in [1.54, 1.807) is 0 Å². The van der Waals surface area contributed by atoms with E-state index in [0.717, 1.165) is 5.56 Å². The third-order valence-electron chi connectivity index (χ3n) is 5.30. The van der Waals surface area contributed by atoms with Gasteiger partial charge >= 0.3 is 21.2 Å². The molecule has 0 bridgehead atoms. The Bertz CT molecular complexity index is 1300. The summed E-state index contributed by atoms with van der Waals surface area (Å²) in [4.78, 5) is 40.4. The first-order chi connectivity index (χ1) is 17.0. The van der Waals surface area contributed by atoms with Gasteiger partial charge in [0, 0.05) is 6.54 Å². The van der Waals surface area contributed by atoms with Crippen molar-refractivity contribution in [3.8, 4) is 6.01 Å². The standard InChI is InChI=1S/C19H25N5O10P2/c1-32-19-22-16(20-7-11-5-3-2-4-6-11)13-17(23-19)24(9-21-13)18-15(26)14(25)12(34-18)8-33-36(30,31)10-35(27,28)29/h2-6,9,12,14-15,18,25-26H,7-8,10H2,1H3,(H,30,31)(H,20,22,23)(H2,27,28,29)/t12-,14-,15-,18-/m1/s1. The van der Waals surface area contributed by atoms with Crippen LogP contribution in [0.15, 0.2) is 36.7 Å². The van der Waals surface area contributed by atoms with Crippen LogP contribution < -0.4 is 10.1 Å². The van der Waals surface area contributed by atoms with E-state index in [1.807, 2.05) is 30.3 Å². The van der Waals surface area contributed by atoms with E-state index in [9.17, 15) is 24.2 Å². The predicted molar refractivity (Wildman–Crippen MR) is 124 cm³/mol. The third kappa shape index (κ3) is 6.09. The molecule has 6 N–H and O–H groups in total. The first-order valence-corrected chi connectivity index (χ1v) is 14.1. The molecule has 0 radical (unpaired) electrons. The molecule has 4 rings (SSSR count). The Morgan fingerprint density at radius 3 is 2.50 bits per heavy atom. The summed E-state index contributed by atoms with van der Waals surface area (Å²) in [5, 5.41) is 24.2. The maximum absolute atomic E-state index is 11.9. The highest BCUT2D eigenvalue weighted by Gasteiger charge is 2.45. The van der Waals surface area contributed by atoms with Crippen LogP contribution in [0.1, 0.15) is 11.8 Å². The van der Waals surface area contributed by atoms with Gasteiger partial charge in [0.25, 0.3) is 0 Å². The van der Waals surface area contributed by atoms with E-state index in [-0.39, 0.29) is 11.7 Å². The summed E-state index contributed by atoms with van der Waals surface area (Å²) in [5.74, 6) is -1.04. The Morgan fingerprint density at radius 2 is 1.83 bits per heavy atom. The SMILES string of the molecule is COc1nc(NCc2ccccc2)c2ncn([C@@H]3O[C@H](COP(=O)(O)CP(=O)(O)O)[C@@H](O)[C@H]3O)c2n1. The zero-order chi connectivity index (χ0) is 26.1. The molecule has 3 aromatic rings. The number of aliphatic hydroxyl groups is 2. The second kappa shape index (κ2) is 10.5. The van der Waals surface area contributed by atoms with Gasteiger partial charge in [-0.3, -0.25) is 13.7 Å². The summed E-state index contributed by atoms with van der Waals surface area (Å²) < 4.78 is 39.9. The van der Waals surface area contributed by atoms with E-state index in [2.05, 4.69) is 20.3 Å². The Kier molecular flexibility index (Phi) is 7.76. The van der Waals surface area contributed by atoms with Crippen molar-refractivity contribution in [3.05, 3.63) is 42.2 Å². The number of hydrogen-bond acceptors (Lipinski definition) is 11. The van der Waals surface area contributed by atoms with Gasteiger partial charge < -0.3 is 44.2 Å². The number of hydrogen-bond donors (Lipinski definition) is 6. The van der Waals surface area contributed by atoms with Crippen molar-refractivity contribution < 1.29 is 48.0 Å². The van der Waals surface area contributed by atoms with Crippen LogP contribution in [-0.2, 0) is 24.9 Å². The van der Waals surface area contributed by atoms with Crippen LogP contribution in [0.3, 0.4) is 0 Å². The van der Waals surface area contributed by atoms with Crippen LogP contribution in [0.25, 0.3) is 11.2 Å². The molecule has 1 aliphatic heterocycles. The summed E-state index contributed by atoms with van der Waals surface area (Å²) in [7, 11) is -8.13. The lowest BCUT2D eigenvalue weighted by molar-refractivity contribution is -0.0484. The van der Waals surface area contributed by atoms with Crippen molar-refractivity contribution >= 4 is 32.2 Å². The molecule has 1 saturated heterocycles. The van der Waals surface area contributed by atoms with Gasteiger partial charge in [-0.2, -0.15) is 9.97 Å². The van der Waals surface area contributed by atoms with Gasteiger partial charge in [0.05, 0.1) is 20.0 Å². The number of ether oxygens (including phenoxy) is 2. The molecule has 1 fully saturated rings. The van der Waals surface area contributed by atoms with Crippen LogP contribution in [0.5, 0.6) is 6.01 Å². The number of aliphatic hydroxyl groups excluding tert-OH is 2. The molecule has 3 heterocycles. The van der Waals surface area contributed by atoms with Gasteiger partial charge in [0.2, 0.25) is 0 Å². The Morgan fingerprint density at radius 1 is 1.11 bits per heavy atom. The lowest BCUT2D eigenvalue weighted by atomic mass is 10.1. The van der Waals surface area contributed by atoms with Gasteiger partial charge in [0.1, 0.15) is 18.3 Å². The molecule has 0 amide bonds. The monoisotopic (exact) mass is 545 g/mol. The molecular formula is C19H25N5O10P2. The van der Waals surface area contributed by atoms with Crippen molar-refractivity contribution in [2.45, 2.75) is 31.1 Å². The first kappa shape index (κ1) is 26.6. The van der Waals surface area contributed by atoms with Crippen molar-refractivity contribution in [1.29, 1.82) is 0 Å². The molecule has 5 atom stereocenters. The van der Waals surface area contributed by atoms with Gasteiger partial charge in [-0.05, 0) is 5.56 Å². The molecule has 196 valence electrons. The molecular weight excluding hydrogens is 520 g/mol. The average Bonchev–Trinajstić information content (AvgIpc) is 3.36. The summed E-state index contributed by atoms with van der Waals surface area (Å²) in [6, 6.07) is 9.55. The summed E-state index contributed by atoms with van der Waals surface area (Å²) in [6.45, 7) is -0.281. The molecule has 1 unspecified atom stereocenters. The molecule has 1 aliphatic rings. The summed E-state index contributed by atoms with van der Waals surface area (Å²) in [5.41, 5.74) is 1.53. The topological polar surface area (TPSA) is 219 Å². The van der Waals surface area contributed by atoms with Gasteiger partial charge in [-0.15, -0.1) is 0 Å². The Hall–Kier alpha value is -2.45. The fraction of sp³-hybridized carbons (Fsp3) is 0.421. The fourth-order valence-corrected chi connectivity index (χ4v) is 6.21. The number of nitrogens with zero attached hydrogens (tertiary/aromatic N) is 4. The van der Waals surface area contributed by atoms with E-state index in [0.29, 0.717) is 17.9 Å². The van der Waals surface area contributed by atoms with E-state index in [1.165, 1.54) is 18.0 Å². The van der Waals surface area contributed by atoms with Crippen LogP contribution >= 0.6 is 15.2 Å². The largest absolute Gasteiger partial charge is 0.467 e. The zero-order valence-electron chi connectivity index (χ0n) is 18.9. The van der Waals surface area contributed by atoms with Crippen molar-refractivity contribution in [3.63, 3.8) is 0 Å². The fourth-order valence-electron chi connectivity index (χ4n) is 3.64. The minimum Gasteiger partial charge on any atom is -0.467 e. The van der Waals surface area contributed by atoms with Crippen LogP contribution in [-0.4, -0.2) is 82.3 Å². The van der Waals surface area contributed by atoms with Gasteiger partial charge in [0.15, 0.2) is 29.1 Å². The van der Waals surface area contributed by atoms with E-state index in [4.69, 9.17) is 23.8 Å². The smallest absolute Gasteiger partial charge is 0.340 e. The zero-order valence-corrected chi connectivity index (χ0v) is 20.6. The number of rotatable bonds is 10. The number of methoxy groups -OCH3 is 1. The van der Waals surface area contributed by atoms with Crippen molar-refractivity contribution in [2.24, 2.45) is 0 Å². The first-order valence-electron chi connectivity index (χ1n) is 10.6. The third-order valence-corrected chi connectivity index (χ3v) is 8.76. The molecule has 0 saturated carbocycles. The van der Waals surface area contributed by atoms with Crippen LogP contribution in [0.2, 0.25) is 0 Å². The van der Waals surface area contributed by atoms with E-state index >= 15 is 0 Å². The lowest BCUT2D eigenvalue weighted by Crippen LogP contribution is -2.33. The second-order valence-electron chi connectivity index (χ2n) is 8.01. The van der Waals surface area contributed by atoms with Crippen LogP contribution in [0, 0.1) is 0 Å². The molecule has 0 aliphatic carbocycles. The maximum Gasteiger partial charge on any atom is 0.340 e. The highest BCUT2D eigenvalue weighted by atomic mass is 31.2. The summed E-state index contributed by atoms with van der Waals surface area (Å²) in [6.07, 6.45) is -4.26. The van der Waals surface area contributed by atoms with E-state index < -0.39 is 52.2 Å². The van der Waals surface area contributed by atoms with Crippen molar-refractivity contribution in [2.75, 3.05) is 24.9 Å². The summed E-state index contributed by atoms with van der Waals surface area (Å²) >= 11 is 0. The molecule has 2 aromatic heterocycles. The van der Waals surface area contributed by atoms with Gasteiger partial charge in [-0.1, -0.05) is 30.3 Å². The van der Waals surface area contributed by atoms with Crippen molar-refractivity contribution in [1.82, 2.24) is 19.5 Å². The number of aromatic nitrogens is 4. The number of imidazole rings is 1.